The number of hydrogen-bond donors (Lipinski definition) is 1. The highest BCUT2D eigenvalue weighted by Gasteiger charge is 2.60. The number of nitrogens with zero attached hydrogens (tertiary/aromatic N) is 1. The molecule has 0 spiro atoms. The van der Waals surface area contributed by atoms with Gasteiger partial charge < -0.3 is 24.3 Å². The number of rotatable bonds is 11. The Morgan fingerprint density at radius 3 is 1.57 bits per heavy atom. The minimum atomic E-state index is -1.67. The monoisotopic (exact) mass is 656 g/mol. The molecule has 42 heavy (non-hydrogen) atoms. The van der Waals surface area contributed by atoms with Gasteiger partial charge in [0.2, 0.25) is 17.7 Å². The first kappa shape index (κ1) is 33.7. The van der Waals surface area contributed by atoms with Gasteiger partial charge in [0.25, 0.3) is 0 Å². The summed E-state index contributed by atoms with van der Waals surface area (Å²) in [6.45, 7) is 11.4. The van der Waals surface area contributed by atoms with Crippen molar-refractivity contribution >= 4 is 51.6 Å². The largest absolute Gasteiger partial charge is 0.463 e. The number of amides is 3. The van der Waals surface area contributed by atoms with Crippen molar-refractivity contribution in [1.29, 1.82) is 0 Å². The Hall–Kier alpha value is -2.80. The van der Waals surface area contributed by atoms with Gasteiger partial charge in [0, 0.05) is 13.0 Å². The zero-order valence-electron chi connectivity index (χ0n) is 25.4. The second-order valence-electron chi connectivity index (χ2n) is 13.6. The summed E-state index contributed by atoms with van der Waals surface area (Å²) in [6.07, 6.45) is 2.35. The van der Waals surface area contributed by atoms with Crippen LogP contribution in [-0.4, -0.2) is 89.0 Å². The van der Waals surface area contributed by atoms with Crippen LogP contribution in [-0.2, 0) is 47.7 Å². The average molecular weight is 658 g/mol. The van der Waals surface area contributed by atoms with Crippen molar-refractivity contribution < 1.29 is 47.7 Å². The maximum Gasteiger partial charge on any atom is 0.322 e. The molecule has 3 aliphatic heterocycles. The van der Waals surface area contributed by atoms with E-state index >= 15 is 0 Å². The van der Waals surface area contributed by atoms with Crippen LogP contribution < -0.4 is 5.32 Å². The molecule has 4 atom stereocenters. The number of nitrogens with one attached hydrogen (secondary N) is 1. The topological polar surface area (TPSA) is 155 Å². The van der Waals surface area contributed by atoms with Crippen molar-refractivity contribution in [3.8, 4) is 0 Å². The van der Waals surface area contributed by atoms with Gasteiger partial charge in [-0.3, -0.25) is 33.7 Å². The number of likely N-dealkylation sites (tertiary alicyclic amines) is 1. The third-order valence-electron chi connectivity index (χ3n) is 7.12. The number of esters is 3. The number of ether oxygens (including phenoxy) is 4. The third-order valence-corrected chi connectivity index (χ3v) is 7.44. The standard InChI is InChI=1S/C29H41BrN2O10/c1-26(2,3)23(36)39-13-29(14-40-24(37)27(4,5)6,15-41-25(38)28(7,8)30)31-18(33)11-12-32-21(34)19-16-9-10-17(42-16)20(19)22(32)35/h9-10,16-17,19-20H,11-15H2,1-8H3,(H,31,33)/t16?,17?,19-,20+. The molecule has 0 aromatic heterocycles. The number of carbonyl (C=O) groups excluding carboxylic acids is 6. The van der Waals surface area contributed by atoms with Crippen LogP contribution in [0.2, 0.25) is 0 Å². The highest BCUT2D eigenvalue weighted by molar-refractivity contribution is 9.10. The molecule has 0 saturated carbocycles. The van der Waals surface area contributed by atoms with E-state index in [0.29, 0.717) is 0 Å². The lowest BCUT2D eigenvalue weighted by atomic mass is 9.85. The van der Waals surface area contributed by atoms with E-state index in [0.717, 1.165) is 4.90 Å². The second kappa shape index (κ2) is 12.1. The Kier molecular flexibility index (Phi) is 9.68. The fourth-order valence-electron chi connectivity index (χ4n) is 4.61. The van der Waals surface area contributed by atoms with Crippen LogP contribution in [0.3, 0.4) is 0 Å². The molecule has 3 rings (SSSR count). The first-order chi connectivity index (χ1) is 19.2. The molecular weight excluding hydrogens is 616 g/mol. The Morgan fingerprint density at radius 2 is 1.19 bits per heavy atom. The van der Waals surface area contributed by atoms with Gasteiger partial charge in [-0.25, -0.2) is 0 Å². The van der Waals surface area contributed by atoms with Crippen molar-refractivity contribution in [1.82, 2.24) is 10.2 Å². The SMILES string of the molecule is CC(C)(C)C(=O)OCC(COC(=O)C(C)(C)C)(COC(=O)C(C)(C)Br)NC(=O)CCN1C(=O)[C@@H]2C3C=CC(O3)[C@@H]2C1=O. The normalized spacial score (nSPS) is 23.6. The van der Waals surface area contributed by atoms with Crippen LogP contribution in [0.4, 0.5) is 0 Å². The summed E-state index contributed by atoms with van der Waals surface area (Å²) in [5.41, 5.74) is -3.45. The maximum atomic E-state index is 13.3. The van der Waals surface area contributed by atoms with Crippen LogP contribution in [0, 0.1) is 22.7 Å². The molecule has 0 radical (unpaired) electrons. The van der Waals surface area contributed by atoms with Crippen LogP contribution in [0.25, 0.3) is 0 Å². The Bertz CT molecular complexity index is 1060. The summed E-state index contributed by atoms with van der Waals surface area (Å²) in [5.74, 6) is -4.50. The molecule has 2 unspecified atom stereocenters. The average Bonchev–Trinajstić information content (AvgIpc) is 3.55. The summed E-state index contributed by atoms with van der Waals surface area (Å²) in [5, 5.41) is 2.71. The zero-order chi connectivity index (χ0) is 31.8. The van der Waals surface area contributed by atoms with Gasteiger partial charge in [0.05, 0.1) is 34.9 Å². The van der Waals surface area contributed by atoms with Crippen molar-refractivity contribution in [2.45, 2.75) is 83.9 Å². The Balaban J connectivity index is 1.79. The van der Waals surface area contributed by atoms with Crippen LogP contribution >= 0.6 is 15.9 Å². The highest BCUT2D eigenvalue weighted by Crippen LogP contribution is 2.45. The highest BCUT2D eigenvalue weighted by atomic mass is 79.9. The van der Waals surface area contributed by atoms with Gasteiger partial charge in [-0.2, -0.15) is 0 Å². The molecule has 3 heterocycles. The fraction of sp³-hybridized carbons (Fsp3) is 0.724. The lowest BCUT2D eigenvalue weighted by molar-refractivity contribution is -0.167. The Morgan fingerprint density at radius 1 is 0.786 bits per heavy atom. The van der Waals surface area contributed by atoms with Crippen LogP contribution in [0.15, 0.2) is 12.2 Å². The van der Waals surface area contributed by atoms with E-state index in [-0.39, 0.29) is 13.0 Å². The van der Waals surface area contributed by atoms with Gasteiger partial charge in [-0.05, 0) is 55.4 Å². The first-order valence-electron chi connectivity index (χ1n) is 13.9. The van der Waals surface area contributed by atoms with E-state index in [1.165, 1.54) is 0 Å². The minimum absolute atomic E-state index is 0.191. The summed E-state index contributed by atoms with van der Waals surface area (Å²) in [4.78, 5) is 78.3. The molecule has 2 fully saturated rings. The number of carbonyl (C=O) groups is 6. The summed E-state index contributed by atoms with van der Waals surface area (Å²) in [7, 11) is 0. The van der Waals surface area contributed by atoms with Gasteiger partial charge in [0.15, 0.2) is 0 Å². The fourth-order valence-corrected chi connectivity index (χ4v) is 4.72. The molecule has 12 nitrogen and oxygen atoms in total. The minimum Gasteiger partial charge on any atom is -0.463 e. The zero-order valence-corrected chi connectivity index (χ0v) is 27.0. The van der Waals surface area contributed by atoms with Gasteiger partial charge in [-0.15, -0.1) is 0 Å². The van der Waals surface area contributed by atoms with Crippen molar-refractivity contribution in [3.63, 3.8) is 0 Å². The van der Waals surface area contributed by atoms with Crippen molar-refractivity contribution in [2.24, 2.45) is 22.7 Å². The number of alkyl halides is 1. The molecule has 0 aliphatic carbocycles. The smallest absolute Gasteiger partial charge is 0.322 e. The molecule has 13 heteroatoms. The van der Waals surface area contributed by atoms with E-state index in [4.69, 9.17) is 18.9 Å². The summed E-state index contributed by atoms with van der Waals surface area (Å²) >= 11 is 3.23. The molecule has 3 amide bonds. The molecule has 1 N–H and O–H groups in total. The predicted octanol–water partition coefficient (Wildman–Crippen LogP) is 2.07. The maximum absolute atomic E-state index is 13.3. The van der Waals surface area contributed by atoms with E-state index in [1.807, 2.05) is 0 Å². The van der Waals surface area contributed by atoms with Gasteiger partial charge in [-0.1, -0.05) is 28.1 Å². The van der Waals surface area contributed by atoms with Crippen LogP contribution in [0.5, 0.6) is 0 Å². The van der Waals surface area contributed by atoms with E-state index < -0.39 is 100 Å². The molecule has 234 valence electrons. The van der Waals surface area contributed by atoms with Crippen molar-refractivity contribution in [3.05, 3.63) is 12.2 Å². The molecular formula is C29H41BrN2O10. The molecule has 0 aromatic rings. The lowest BCUT2D eigenvalue weighted by Crippen LogP contribution is -2.60. The second-order valence-corrected chi connectivity index (χ2v) is 15.6. The number of halogens is 1. The summed E-state index contributed by atoms with van der Waals surface area (Å²) in [6, 6.07) is 0. The molecule has 2 saturated heterocycles. The molecule has 3 aliphatic rings. The number of fused-ring (bicyclic) bond motifs is 5. The van der Waals surface area contributed by atoms with E-state index in [9.17, 15) is 28.8 Å². The first-order valence-corrected chi connectivity index (χ1v) is 14.7. The van der Waals surface area contributed by atoms with Gasteiger partial charge in [0.1, 0.15) is 29.7 Å². The Labute approximate surface area is 254 Å². The quantitative estimate of drug-likeness (QED) is 0.115. The summed E-state index contributed by atoms with van der Waals surface area (Å²) < 4.78 is 21.1. The predicted molar refractivity (Wildman–Crippen MR) is 152 cm³/mol. The lowest BCUT2D eigenvalue weighted by Gasteiger charge is -2.35. The molecule has 2 bridgehead atoms. The van der Waals surface area contributed by atoms with E-state index in [2.05, 4.69) is 21.2 Å². The number of imide groups is 1. The third kappa shape index (κ3) is 7.58. The van der Waals surface area contributed by atoms with Crippen LogP contribution in [0.1, 0.15) is 61.8 Å². The van der Waals surface area contributed by atoms with Gasteiger partial charge >= 0.3 is 17.9 Å². The number of hydrogen-bond acceptors (Lipinski definition) is 10. The molecule has 0 aromatic carbocycles. The van der Waals surface area contributed by atoms with E-state index in [1.54, 1.807) is 67.5 Å². The van der Waals surface area contributed by atoms with Crippen molar-refractivity contribution in [2.75, 3.05) is 26.4 Å².